The fourth-order valence-electron chi connectivity index (χ4n) is 5.93. The zero-order valence-corrected chi connectivity index (χ0v) is 20.2. The van der Waals surface area contributed by atoms with Crippen molar-refractivity contribution in [2.24, 2.45) is 17.6 Å². The maximum Gasteiger partial charge on any atom is 0.227 e. The van der Waals surface area contributed by atoms with Gasteiger partial charge in [0.15, 0.2) is 5.65 Å². The Kier molecular flexibility index (Phi) is 4.71. The van der Waals surface area contributed by atoms with E-state index in [1.54, 1.807) is 12.4 Å². The van der Waals surface area contributed by atoms with Crippen molar-refractivity contribution in [1.82, 2.24) is 30.3 Å². The molecule has 0 radical (unpaired) electrons. The Morgan fingerprint density at radius 1 is 1.25 bits per heavy atom. The average Bonchev–Trinajstić information content (AvgIpc) is 3.40. The predicted molar refractivity (Wildman–Crippen MR) is 133 cm³/mol. The summed E-state index contributed by atoms with van der Waals surface area (Å²) >= 11 is 6.73. The van der Waals surface area contributed by atoms with Gasteiger partial charge in [0, 0.05) is 36.7 Å². The number of rotatable bonds is 5. The molecule has 3 atom stereocenters. The summed E-state index contributed by atoms with van der Waals surface area (Å²) in [6.45, 7) is 4.20. The molecule has 182 valence electrons. The second kappa shape index (κ2) is 7.87. The maximum absolute atomic E-state index is 6.73. The van der Waals surface area contributed by atoms with Crippen LogP contribution in [0.1, 0.15) is 17.9 Å². The van der Waals surface area contributed by atoms with Crippen LogP contribution in [0.5, 0.6) is 0 Å². The van der Waals surface area contributed by atoms with Gasteiger partial charge in [-0.1, -0.05) is 28.9 Å². The van der Waals surface area contributed by atoms with Gasteiger partial charge in [0.2, 0.25) is 5.89 Å². The van der Waals surface area contributed by atoms with Crippen LogP contribution in [-0.4, -0.2) is 49.9 Å². The van der Waals surface area contributed by atoms with Gasteiger partial charge in [-0.25, -0.2) is 15.0 Å². The van der Waals surface area contributed by atoms with Crippen molar-refractivity contribution in [2.45, 2.75) is 18.8 Å². The van der Waals surface area contributed by atoms with E-state index < -0.39 is 0 Å². The fraction of sp³-hybridized carbons (Fsp3) is 0.320. The standard InChI is InChI=1S/C25H23ClN8O2/c1-13-9-18(33-36-13)25(12-27)16-5-7-34(11-17(16)25)19-10-29-22-21(31-32-23(22)30-19)14-3-2-4-15(20(14)26)24-28-6-8-35-24/h2-4,6,8-10,16-17H,5,7,11-12,27H2,1H3,(H,30,31,32)/t16-,17+,25+/m1/s1. The minimum absolute atomic E-state index is 0.115. The van der Waals surface area contributed by atoms with Crippen LogP contribution in [0.3, 0.4) is 0 Å². The highest BCUT2D eigenvalue weighted by molar-refractivity contribution is 6.36. The number of aromatic amines is 1. The molecule has 2 aliphatic rings. The number of hydrogen-bond donors (Lipinski definition) is 2. The lowest BCUT2D eigenvalue weighted by Gasteiger charge is -2.26. The van der Waals surface area contributed by atoms with Gasteiger partial charge in [-0.2, -0.15) is 5.10 Å². The second-order valence-corrected chi connectivity index (χ2v) is 9.89. The number of nitrogens with zero attached hydrogens (tertiary/aromatic N) is 6. The first-order valence-electron chi connectivity index (χ1n) is 11.9. The van der Waals surface area contributed by atoms with E-state index >= 15 is 0 Å². The van der Waals surface area contributed by atoms with Crippen LogP contribution < -0.4 is 10.6 Å². The van der Waals surface area contributed by atoms with Crippen molar-refractivity contribution >= 4 is 28.6 Å². The highest BCUT2D eigenvalue weighted by Gasteiger charge is 2.67. The zero-order chi connectivity index (χ0) is 24.4. The molecule has 1 aliphatic carbocycles. The average molecular weight is 503 g/mol. The van der Waals surface area contributed by atoms with Crippen molar-refractivity contribution in [3.05, 3.63) is 59.4 Å². The van der Waals surface area contributed by atoms with Crippen molar-refractivity contribution in [2.75, 3.05) is 24.5 Å². The van der Waals surface area contributed by atoms with Crippen LogP contribution in [0.4, 0.5) is 5.82 Å². The first-order valence-corrected chi connectivity index (χ1v) is 12.3. The Morgan fingerprint density at radius 3 is 2.92 bits per heavy atom. The fourth-order valence-corrected chi connectivity index (χ4v) is 6.22. The molecule has 7 rings (SSSR count). The third kappa shape index (κ3) is 3.04. The molecule has 0 spiro atoms. The van der Waals surface area contributed by atoms with E-state index in [4.69, 9.17) is 36.2 Å². The third-order valence-corrected chi connectivity index (χ3v) is 8.18. The summed E-state index contributed by atoms with van der Waals surface area (Å²) in [6, 6.07) is 7.67. The van der Waals surface area contributed by atoms with Gasteiger partial charge in [-0.15, -0.1) is 0 Å². The zero-order valence-electron chi connectivity index (χ0n) is 19.5. The summed E-state index contributed by atoms with van der Waals surface area (Å²) in [4.78, 5) is 16.1. The largest absolute Gasteiger partial charge is 0.444 e. The molecule has 1 aliphatic heterocycles. The maximum atomic E-state index is 6.73. The molecule has 0 amide bonds. The molecule has 10 nitrogen and oxygen atoms in total. The quantitative estimate of drug-likeness (QED) is 0.365. The molecule has 1 saturated heterocycles. The number of nitrogens with two attached hydrogens (primary N) is 1. The van der Waals surface area contributed by atoms with Crippen molar-refractivity contribution in [3.63, 3.8) is 0 Å². The van der Waals surface area contributed by atoms with Crippen molar-refractivity contribution in [3.8, 4) is 22.7 Å². The molecule has 1 aromatic carbocycles. The lowest BCUT2D eigenvalue weighted by Crippen LogP contribution is -2.32. The number of halogens is 1. The minimum atomic E-state index is -0.115. The SMILES string of the molecule is Cc1cc([C@@]2(CN)[C@@H]3CCN(c4cnc5c(-c6cccc(-c7ncco7)c6Cl)n[nH]c5n4)C[C@@H]32)no1. The molecule has 5 aromatic rings. The summed E-state index contributed by atoms with van der Waals surface area (Å²) in [5.41, 5.74) is 10.5. The van der Waals surface area contributed by atoms with E-state index in [0.717, 1.165) is 42.3 Å². The molecule has 0 unspecified atom stereocenters. The third-order valence-electron chi connectivity index (χ3n) is 7.77. The van der Waals surface area contributed by atoms with Crippen molar-refractivity contribution < 1.29 is 8.94 Å². The molecule has 36 heavy (non-hydrogen) atoms. The van der Waals surface area contributed by atoms with E-state index in [9.17, 15) is 0 Å². The molecular weight excluding hydrogens is 480 g/mol. The van der Waals surface area contributed by atoms with E-state index in [2.05, 4.69) is 25.2 Å². The first kappa shape index (κ1) is 21.5. The number of oxazole rings is 1. The van der Waals surface area contributed by atoms with E-state index in [1.165, 1.54) is 6.26 Å². The normalized spacial score (nSPS) is 23.2. The van der Waals surface area contributed by atoms with Crippen LogP contribution in [0.25, 0.3) is 33.9 Å². The molecule has 2 fully saturated rings. The number of piperidine rings is 1. The summed E-state index contributed by atoms with van der Waals surface area (Å²) in [6.07, 6.45) is 5.93. The van der Waals surface area contributed by atoms with E-state index in [0.29, 0.717) is 51.7 Å². The monoisotopic (exact) mass is 502 g/mol. The minimum Gasteiger partial charge on any atom is -0.444 e. The molecular formula is C25H23ClN8O2. The van der Waals surface area contributed by atoms with Gasteiger partial charge in [0.1, 0.15) is 29.1 Å². The number of benzene rings is 1. The van der Waals surface area contributed by atoms with Gasteiger partial charge >= 0.3 is 0 Å². The van der Waals surface area contributed by atoms with Crippen LogP contribution in [-0.2, 0) is 5.41 Å². The predicted octanol–water partition coefficient (Wildman–Crippen LogP) is 3.98. The summed E-state index contributed by atoms with van der Waals surface area (Å²) in [7, 11) is 0. The molecule has 4 aromatic heterocycles. The Morgan fingerprint density at radius 2 is 2.14 bits per heavy atom. The number of nitrogens with one attached hydrogen (secondary N) is 1. The highest BCUT2D eigenvalue weighted by Crippen LogP contribution is 2.62. The second-order valence-electron chi connectivity index (χ2n) is 9.52. The molecule has 3 N–H and O–H groups in total. The van der Waals surface area contributed by atoms with Crippen LogP contribution in [0, 0.1) is 18.8 Å². The van der Waals surface area contributed by atoms with Crippen LogP contribution >= 0.6 is 11.6 Å². The van der Waals surface area contributed by atoms with Gasteiger partial charge < -0.3 is 19.6 Å². The van der Waals surface area contributed by atoms with E-state index in [-0.39, 0.29) is 5.41 Å². The number of hydrogen-bond acceptors (Lipinski definition) is 9. The molecule has 1 saturated carbocycles. The number of fused-ring (bicyclic) bond motifs is 2. The van der Waals surface area contributed by atoms with Gasteiger partial charge in [-0.3, -0.25) is 5.10 Å². The summed E-state index contributed by atoms with van der Waals surface area (Å²) in [5, 5.41) is 12.3. The number of H-pyrrole nitrogens is 1. The van der Waals surface area contributed by atoms with Crippen LogP contribution in [0.15, 0.2) is 51.9 Å². The first-order chi connectivity index (χ1) is 17.6. The van der Waals surface area contributed by atoms with Gasteiger partial charge in [-0.05, 0) is 31.2 Å². The highest BCUT2D eigenvalue weighted by atomic mass is 35.5. The smallest absolute Gasteiger partial charge is 0.227 e. The molecule has 5 heterocycles. The Labute approximate surface area is 210 Å². The number of anilines is 1. The summed E-state index contributed by atoms with van der Waals surface area (Å²) in [5.74, 6) is 3.00. The Balaban J connectivity index is 1.18. The Hall–Kier alpha value is -3.76. The molecule has 0 bridgehead atoms. The van der Waals surface area contributed by atoms with Gasteiger partial charge in [0.25, 0.3) is 0 Å². The van der Waals surface area contributed by atoms with Gasteiger partial charge in [0.05, 0.1) is 28.7 Å². The van der Waals surface area contributed by atoms with E-state index in [1.807, 2.05) is 31.2 Å². The Bertz CT molecular complexity index is 1580. The lowest BCUT2D eigenvalue weighted by molar-refractivity contribution is 0.379. The van der Waals surface area contributed by atoms with Crippen molar-refractivity contribution in [1.29, 1.82) is 0 Å². The lowest BCUT2D eigenvalue weighted by atomic mass is 9.97. The number of aromatic nitrogens is 6. The summed E-state index contributed by atoms with van der Waals surface area (Å²) < 4.78 is 10.8. The molecule has 11 heteroatoms. The number of aryl methyl sites for hydroxylation is 1. The topological polar surface area (TPSA) is 136 Å². The van der Waals surface area contributed by atoms with Crippen LogP contribution in [0.2, 0.25) is 5.02 Å².